The molecule has 0 fully saturated rings. The Morgan fingerprint density at radius 1 is 1.27 bits per heavy atom. The maximum atomic E-state index is 12.1. The van der Waals surface area contributed by atoms with Gasteiger partial charge in [0.25, 0.3) is 0 Å². The molecule has 0 aliphatic carbocycles. The van der Waals surface area contributed by atoms with Crippen LogP contribution in [0.5, 0.6) is 0 Å². The lowest BCUT2D eigenvalue weighted by Gasteiger charge is -2.06. The Bertz CT molecular complexity index is 240. The van der Waals surface area contributed by atoms with Gasteiger partial charge in [0.2, 0.25) is 0 Å². The van der Waals surface area contributed by atoms with Gasteiger partial charge in [-0.2, -0.15) is 13.2 Å². The second-order valence-electron chi connectivity index (χ2n) is 2.47. The summed E-state index contributed by atoms with van der Waals surface area (Å²) in [6.07, 6.45) is -2.87. The molecule has 1 heterocycles. The Morgan fingerprint density at radius 2 is 1.82 bits per heavy atom. The van der Waals surface area contributed by atoms with Crippen LogP contribution in [-0.4, -0.2) is 4.98 Å². The molecule has 0 bridgehead atoms. The highest BCUT2D eigenvalue weighted by molar-refractivity contribution is 5.31. The van der Waals surface area contributed by atoms with Crippen LogP contribution < -0.4 is 0 Å². The number of H-pyrrole nitrogens is 1. The predicted octanol–water partition coefficient (Wildman–Crippen LogP) is 2.65. The van der Waals surface area contributed by atoms with Crippen molar-refractivity contribution in [2.24, 2.45) is 0 Å². The van der Waals surface area contributed by atoms with E-state index in [-0.39, 0.29) is 11.3 Å². The highest BCUT2D eigenvalue weighted by Crippen LogP contribution is 2.33. The molecule has 0 aliphatic rings. The number of nitrogens with one attached hydrogen (secondary N) is 1. The van der Waals surface area contributed by atoms with Gasteiger partial charge in [-0.05, 0) is 19.4 Å². The maximum absolute atomic E-state index is 12.1. The minimum Gasteiger partial charge on any atom is -0.364 e. The number of aromatic nitrogens is 1. The molecular formula is C7H8F3N. The van der Waals surface area contributed by atoms with Gasteiger partial charge < -0.3 is 4.98 Å². The highest BCUT2D eigenvalue weighted by atomic mass is 19.4. The second-order valence-corrected chi connectivity index (χ2v) is 2.47. The van der Waals surface area contributed by atoms with Crippen molar-refractivity contribution in [2.75, 3.05) is 0 Å². The van der Waals surface area contributed by atoms with E-state index in [0.717, 1.165) is 0 Å². The summed E-state index contributed by atoms with van der Waals surface area (Å²) in [5.41, 5.74) is -0.123. The standard InChI is InChI=1S/C7H8F3N/c1-4-3-11-5(2)6(4)7(8,9)10/h3,11H,1-2H3. The van der Waals surface area contributed by atoms with Gasteiger partial charge in [-0.1, -0.05) is 0 Å². The van der Waals surface area contributed by atoms with Gasteiger partial charge >= 0.3 is 6.18 Å². The SMILES string of the molecule is Cc1c[nH]c(C)c1C(F)(F)F. The van der Waals surface area contributed by atoms with Crippen molar-refractivity contribution in [3.63, 3.8) is 0 Å². The molecule has 1 aromatic rings. The summed E-state index contributed by atoms with van der Waals surface area (Å²) in [7, 11) is 0. The monoisotopic (exact) mass is 163 g/mol. The number of halogens is 3. The third-order valence-corrected chi connectivity index (χ3v) is 1.56. The van der Waals surface area contributed by atoms with Crippen LogP contribution in [0.1, 0.15) is 16.8 Å². The fourth-order valence-corrected chi connectivity index (χ4v) is 1.09. The van der Waals surface area contributed by atoms with E-state index in [1.807, 2.05) is 0 Å². The smallest absolute Gasteiger partial charge is 0.364 e. The van der Waals surface area contributed by atoms with Gasteiger partial charge in [0.1, 0.15) is 0 Å². The fourth-order valence-electron chi connectivity index (χ4n) is 1.09. The Kier molecular flexibility index (Phi) is 1.70. The zero-order chi connectivity index (χ0) is 8.65. The van der Waals surface area contributed by atoms with Gasteiger partial charge in [0.15, 0.2) is 0 Å². The summed E-state index contributed by atoms with van der Waals surface area (Å²) in [4.78, 5) is 2.52. The predicted molar refractivity (Wildman–Crippen MR) is 35.3 cm³/mol. The topological polar surface area (TPSA) is 15.8 Å². The quantitative estimate of drug-likeness (QED) is 0.605. The number of aromatic amines is 1. The summed E-state index contributed by atoms with van der Waals surface area (Å²) in [5.74, 6) is 0. The van der Waals surface area contributed by atoms with E-state index < -0.39 is 11.7 Å². The third kappa shape index (κ3) is 1.39. The van der Waals surface area contributed by atoms with Crippen molar-refractivity contribution in [3.05, 3.63) is 23.0 Å². The van der Waals surface area contributed by atoms with E-state index in [1.165, 1.54) is 20.0 Å². The number of aryl methyl sites for hydroxylation is 2. The molecule has 4 heteroatoms. The van der Waals surface area contributed by atoms with E-state index in [9.17, 15) is 13.2 Å². The summed E-state index contributed by atoms with van der Waals surface area (Å²) < 4.78 is 36.4. The number of rotatable bonds is 0. The molecule has 0 saturated heterocycles. The van der Waals surface area contributed by atoms with E-state index in [0.29, 0.717) is 0 Å². The van der Waals surface area contributed by atoms with E-state index in [4.69, 9.17) is 0 Å². The number of hydrogen-bond acceptors (Lipinski definition) is 0. The molecule has 0 amide bonds. The molecule has 1 aromatic heterocycles. The Labute approximate surface area is 62.2 Å². The van der Waals surface area contributed by atoms with Crippen LogP contribution in [-0.2, 0) is 6.18 Å². The molecular weight excluding hydrogens is 155 g/mol. The molecule has 0 atom stereocenters. The van der Waals surface area contributed by atoms with Gasteiger partial charge in [-0.15, -0.1) is 0 Å². The molecule has 0 aliphatic heterocycles. The lowest BCUT2D eigenvalue weighted by molar-refractivity contribution is -0.138. The van der Waals surface area contributed by atoms with Crippen LogP contribution in [0.15, 0.2) is 6.20 Å². The van der Waals surface area contributed by atoms with Gasteiger partial charge in [0.05, 0.1) is 5.56 Å². The molecule has 1 N–H and O–H groups in total. The average Bonchev–Trinajstić information content (AvgIpc) is 2.08. The lowest BCUT2D eigenvalue weighted by atomic mass is 10.1. The largest absolute Gasteiger partial charge is 0.418 e. The first-order valence-electron chi connectivity index (χ1n) is 3.14. The van der Waals surface area contributed by atoms with E-state index in [2.05, 4.69) is 4.98 Å². The highest BCUT2D eigenvalue weighted by Gasteiger charge is 2.34. The molecule has 1 nitrogen and oxygen atoms in total. The summed E-state index contributed by atoms with van der Waals surface area (Å²) in [6.45, 7) is 2.85. The van der Waals surface area contributed by atoms with Crippen molar-refractivity contribution in [1.29, 1.82) is 0 Å². The second kappa shape index (κ2) is 2.29. The Morgan fingerprint density at radius 3 is 2.00 bits per heavy atom. The molecule has 62 valence electrons. The van der Waals surface area contributed by atoms with Crippen molar-refractivity contribution in [3.8, 4) is 0 Å². The lowest BCUT2D eigenvalue weighted by Crippen LogP contribution is -2.07. The molecule has 0 saturated carbocycles. The van der Waals surface area contributed by atoms with Crippen LogP contribution in [0.2, 0.25) is 0 Å². The normalized spacial score (nSPS) is 12.1. The van der Waals surface area contributed by atoms with Gasteiger partial charge in [-0.3, -0.25) is 0 Å². The van der Waals surface area contributed by atoms with Crippen LogP contribution in [0.25, 0.3) is 0 Å². The van der Waals surface area contributed by atoms with E-state index >= 15 is 0 Å². The van der Waals surface area contributed by atoms with Crippen LogP contribution in [0, 0.1) is 13.8 Å². The van der Waals surface area contributed by atoms with Crippen LogP contribution in [0.3, 0.4) is 0 Å². The first-order chi connectivity index (χ1) is 4.93. The van der Waals surface area contributed by atoms with Gasteiger partial charge in [0, 0.05) is 11.9 Å². The van der Waals surface area contributed by atoms with Crippen molar-refractivity contribution in [2.45, 2.75) is 20.0 Å². The summed E-state index contributed by atoms with van der Waals surface area (Å²) in [5, 5.41) is 0. The van der Waals surface area contributed by atoms with Crippen molar-refractivity contribution in [1.82, 2.24) is 4.98 Å². The first-order valence-corrected chi connectivity index (χ1v) is 3.14. The summed E-state index contributed by atoms with van der Waals surface area (Å²) >= 11 is 0. The molecule has 0 radical (unpaired) electrons. The molecule has 0 aromatic carbocycles. The van der Waals surface area contributed by atoms with E-state index in [1.54, 1.807) is 0 Å². The fraction of sp³-hybridized carbons (Fsp3) is 0.429. The van der Waals surface area contributed by atoms with Crippen molar-refractivity contribution < 1.29 is 13.2 Å². The zero-order valence-corrected chi connectivity index (χ0v) is 6.21. The first kappa shape index (κ1) is 8.17. The molecule has 0 unspecified atom stereocenters. The van der Waals surface area contributed by atoms with Crippen LogP contribution >= 0.6 is 0 Å². The average molecular weight is 163 g/mol. The van der Waals surface area contributed by atoms with Crippen molar-refractivity contribution >= 4 is 0 Å². The molecule has 1 rings (SSSR count). The molecule has 11 heavy (non-hydrogen) atoms. The number of hydrogen-bond donors (Lipinski definition) is 1. The van der Waals surface area contributed by atoms with Gasteiger partial charge in [-0.25, -0.2) is 0 Å². The minimum absolute atomic E-state index is 0.176. The Hall–Kier alpha value is -0.930. The minimum atomic E-state index is -4.23. The Balaban J connectivity index is 3.21. The van der Waals surface area contributed by atoms with Crippen LogP contribution in [0.4, 0.5) is 13.2 Å². The number of alkyl halides is 3. The maximum Gasteiger partial charge on any atom is 0.418 e. The molecule has 0 spiro atoms. The zero-order valence-electron chi connectivity index (χ0n) is 6.21. The summed E-state index contributed by atoms with van der Waals surface area (Å²) in [6, 6.07) is 0. The third-order valence-electron chi connectivity index (χ3n) is 1.56.